The lowest BCUT2D eigenvalue weighted by Crippen LogP contribution is -2.45. The molecule has 1 aliphatic rings. The SMILES string of the molecule is Cl.O=C(CCCS(=O)(=O)c1ccc(Br)cc1)NC1CCCNC1. The number of carbonyl (C=O) groups is 1. The van der Waals surface area contributed by atoms with Crippen molar-refractivity contribution in [1.82, 2.24) is 10.6 Å². The average Bonchev–Trinajstić information content (AvgIpc) is 2.48. The lowest BCUT2D eigenvalue weighted by atomic mass is 10.1. The molecule has 0 aromatic heterocycles. The molecule has 23 heavy (non-hydrogen) atoms. The average molecular weight is 426 g/mol. The molecule has 1 unspecified atom stereocenters. The van der Waals surface area contributed by atoms with Gasteiger partial charge in [0.15, 0.2) is 9.84 Å². The van der Waals surface area contributed by atoms with E-state index in [0.29, 0.717) is 11.3 Å². The summed E-state index contributed by atoms with van der Waals surface area (Å²) >= 11 is 3.28. The Morgan fingerprint density at radius 3 is 2.61 bits per heavy atom. The minimum Gasteiger partial charge on any atom is -0.352 e. The summed E-state index contributed by atoms with van der Waals surface area (Å²) in [6.45, 7) is 1.79. The molecule has 8 heteroatoms. The lowest BCUT2D eigenvalue weighted by Gasteiger charge is -2.23. The predicted molar refractivity (Wildman–Crippen MR) is 96.7 cm³/mol. The molecule has 1 atom stereocenters. The fourth-order valence-corrected chi connectivity index (χ4v) is 4.03. The molecule has 1 saturated heterocycles. The van der Waals surface area contributed by atoms with Gasteiger partial charge in [-0.25, -0.2) is 8.42 Å². The van der Waals surface area contributed by atoms with Crippen LogP contribution in [0.25, 0.3) is 0 Å². The summed E-state index contributed by atoms with van der Waals surface area (Å²) in [5.74, 6) is -0.0787. The van der Waals surface area contributed by atoms with Crippen LogP contribution in [0.4, 0.5) is 0 Å². The Morgan fingerprint density at radius 2 is 2.00 bits per heavy atom. The summed E-state index contributed by atoms with van der Waals surface area (Å²) in [6, 6.07) is 6.73. The van der Waals surface area contributed by atoms with E-state index in [1.165, 1.54) is 0 Å². The van der Waals surface area contributed by atoms with Crippen LogP contribution in [0, 0.1) is 0 Å². The lowest BCUT2D eigenvalue weighted by molar-refractivity contribution is -0.121. The maximum atomic E-state index is 12.2. The van der Waals surface area contributed by atoms with Crippen molar-refractivity contribution in [3.63, 3.8) is 0 Å². The van der Waals surface area contributed by atoms with Crippen LogP contribution in [0.2, 0.25) is 0 Å². The summed E-state index contributed by atoms with van der Waals surface area (Å²) in [4.78, 5) is 12.1. The maximum absolute atomic E-state index is 12.2. The summed E-state index contributed by atoms with van der Waals surface area (Å²) < 4.78 is 25.2. The smallest absolute Gasteiger partial charge is 0.220 e. The van der Waals surface area contributed by atoms with Gasteiger partial charge in [-0.05, 0) is 50.1 Å². The molecular weight excluding hydrogens is 404 g/mol. The minimum atomic E-state index is -3.32. The Bertz CT molecular complexity index is 602. The second-order valence-corrected chi connectivity index (χ2v) is 8.51. The normalized spacial score (nSPS) is 18.0. The Kier molecular flexibility index (Phi) is 8.53. The number of halogens is 2. The highest BCUT2D eigenvalue weighted by Gasteiger charge is 2.17. The first-order chi connectivity index (χ1) is 10.5. The van der Waals surface area contributed by atoms with Crippen molar-refractivity contribution in [3.05, 3.63) is 28.7 Å². The quantitative estimate of drug-likeness (QED) is 0.733. The van der Waals surface area contributed by atoms with Crippen molar-refractivity contribution < 1.29 is 13.2 Å². The third-order valence-corrected chi connectivity index (χ3v) is 6.00. The molecule has 0 spiro atoms. The second kappa shape index (κ2) is 9.61. The van der Waals surface area contributed by atoms with Gasteiger partial charge in [-0.3, -0.25) is 4.79 Å². The summed E-state index contributed by atoms with van der Waals surface area (Å²) in [7, 11) is -3.32. The van der Waals surface area contributed by atoms with Gasteiger partial charge in [0, 0.05) is 23.5 Å². The molecule has 1 aliphatic heterocycles. The zero-order valence-corrected chi connectivity index (χ0v) is 16.0. The molecule has 1 fully saturated rings. The van der Waals surface area contributed by atoms with Gasteiger partial charge in [-0.15, -0.1) is 12.4 Å². The Hall–Kier alpha value is -0.630. The van der Waals surface area contributed by atoms with Crippen molar-refractivity contribution >= 4 is 44.1 Å². The van der Waals surface area contributed by atoms with E-state index in [1.807, 2.05) is 0 Å². The number of hydrogen-bond acceptors (Lipinski definition) is 4. The molecule has 1 amide bonds. The molecule has 1 aromatic rings. The molecular formula is C15H22BrClN2O3S. The predicted octanol–water partition coefficient (Wildman–Crippen LogP) is 2.29. The monoisotopic (exact) mass is 424 g/mol. The first-order valence-corrected chi connectivity index (χ1v) is 9.90. The van der Waals surface area contributed by atoms with E-state index in [-0.39, 0.29) is 36.5 Å². The highest BCUT2D eigenvalue weighted by atomic mass is 79.9. The van der Waals surface area contributed by atoms with Crippen LogP contribution in [0.1, 0.15) is 25.7 Å². The van der Waals surface area contributed by atoms with E-state index < -0.39 is 9.84 Å². The van der Waals surface area contributed by atoms with Crippen molar-refractivity contribution in [1.29, 1.82) is 0 Å². The third-order valence-electron chi connectivity index (χ3n) is 3.65. The zero-order valence-electron chi connectivity index (χ0n) is 12.8. The van der Waals surface area contributed by atoms with Crippen LogP contribution in [0.3, 0.4) is 0 Å². The molecule has 1 heterocycles. The standard InChI is InChI=1S/C15H21BrN2O3S.ClH/c16-12-5-7-14(8-6-12)22(20,21)10-2-4-15(19)18-13-3-1-9-17-11-13;/h5-8,13,17H,1-4,9-11H2,(H,18,19);1H. The number of piperidine rings is 1. The number of hydrogen-bond donors (Lipinski definition) is 2. The molecule has 2 N–H and O–H groups in total. The van der Waals surface area contributed by atoms with Crippen LogP contribution in [0.5, 0.6) is 0 Å². The van der Waals surface area contributed by atoms with E-state index in [4.69, 9.17) is 0 Å². The number of sulfone groups is 1. The van der Waals surface area contributed by atoms with Crippen LogP contribution in [0.15, 0.2) is 33.6 Å². The van der Waals surface area contributed by atoms with E-state index in [0.717, 1.165) is 30.4 Å². The minimum absolute atomic E-state index is 0. The van der Waals surface area contributed by atoms with E-state index >= 15 is 0 Å². The first-order valence-electron chi connectivity index (χ1n) is 7.46. The van der Waals surface area contributed by atoms with Crippen molar-refractivity contribution in [2.24, 2.45) is 0 Å². The Labute approximate surface area is 152 Å². The summed E-state index contributed by atoms with van der Waals surface area (Å²) in [6.07, 6.45) is 2.62. The molecule has 130 valence electrons. The highest BCUT2D eigenvalue weighted by Crippen LogP contribution is 2.17. The Morgan fingerprint density at radius 1 is 1.30 bits per heavy atom. The van der Waals surface area contributed by atoms with Gasteiger partial charge in [-0.2, -0.15) is 0 Å². The second-order valence-electron chi connectivity index (χ2n) is 5.49. The van der Waals surface area contributed by atoms with E-state index in [9.17, 15) is 13.2 Å². The molecule has 0 aliphatic carbocycles. The van der Waals surface area contributed by atoms with Gasteiger partial charge in [0.25, 0.3) is 0 Å². The number of nitrogens with one attached hydrogen (secondary N) is 2. The topological polar surface area (TPSA) is 75.3 Å². The van der Waals surface area contributed by atoms with Crippen molar-refractivity contribution in [2.75, 3.05) is 18.8 Å². The van der Waals surface area contributed by atoms with Crippen LogP contribution < -0.4 is 10.6 Å². The van der Waals surface area contributed by atoms with Gasteiger partial charge in [0.2, 0.25) is 5.91 Å². The molecule has 0 saturated carbocycles. The van der Waals surface area contributed by atoms with Gasteiger partial charge < -0.3 is 10.6 Å². The molecule has 5 nitrogen and oxygen atoms in total. The van der Waals surface area contributed by atoms with E-state index in [2.05, 4.69) is 26.6 Å². The van der Waals surface area contributed by atoms with Crippen LogP contribution >= 0.6 is 28.3 Å². The van der Waals surface area contributed by atoms with Crippen LogP contribution in [-0.4, -0.2) is 39.2 Å². The molecule has 0 radical (unpaired) electrons. The Balaban J connectivity index is 0.00000264. The fourth-order valence-electron chi connectivity index (χ4n) is 2.46. The molecule has 0 bridgehead atoms. The highest BCUT2D eigenvalue weighted by molar-refractivity contribution is 9.10. The maximum Gasteiger partial charge on any atom is 0.220 e. The molecule has 1 aromatic carbocycles. The van der Waals surface area contributed by atoms with Gasteiger partial charge in [-0.1, -0.05) is 15.9 Å². The number of amides is 1. The zero-order chi connectivity index (χ0) is 16.0. The van der Waals surface area contributed by atoms with Crippen LogP contribution in [-0.2, 0) is 14.6 Å². The van der Waals surface area contributed by atoms with Crippen molar-refractivity contribution in [2.45, 2.75) is 36.6 Å². The largest absolute Gasteiger partial charge is 0.352 e. The number of rotatable bonds is 6. The summed E-state index contributed by atoms with van der Waals surface area (Å²) in [5, 5.41) is 6.18. The van der Waals surface area contributed by atoms with Gasteiger partial charge >= 0.3 is 0 Å². The fraction of sp³-hybridized carbons (Fsp3) is 0.533. The third kappa shape index (κ3) is 6.79. The van der Waals surface area contributed by atoms with Gasteiger partial charge in [0.05, 0.1) is 10.6 Å². The number of carbonyl (C=O) groups excluding carboxylic acids is 1. The van der Waals surface area contributed by atoms with Crippen molar-refractivity contribution in [3.8, 4) is 0 Å². The summed E-state index contributed by atoms with van der Waals surface area (Å²) in [5.41, 5.74) is 0. The van der Waals surface area contributed by atoms with Gasteiger partial charge in [0.1, 0.15) is 0 Å². The molecule has 2 rings (SSSR count). The number of benzene rings is 1. The first kappa shape index (κ1) is 20.4. The van der Waals surface area contributed by atoms with E-state index in [1.54, 1.807) is 24.3 Å².